The van der Waals surface area contributed by atoms with E-state index in [1.54, 1.807) is 6.07 Å². The molecule has 1 amide bonds. The van der Waals surface area contributed by atoms with Gasteiger partial charge in [0.25, 0.3) is 5.69 Å². The van der Waals surface area contributed by atoms with Crippen LogP contribution in [0.15, 0.2) is 28.6 Å². The van der Waals surface area contributed by atoms with Gasteiger partial charge in [-0.3, -0.25) is 19.7 Å². The molecule has 29 heavy (non-hydrogen) atoms. The van der Waals surface area contributed by atoms with Gasteiger partial charge in [-0.2, -0.15) is 0 Å². The third-order valence-electron chi connectivity index (χ3n) is 3.85. The number of benzene rings is 1. The van der Waals surface area contributed by atoms with E-state index in [0.29, 0.717) is 15.9 Å². The van der Waals surface area contributed by atoms with Gasteiger partial charge in [0.15, 0.2) is 10.1 Å². The van der Waals surface area contributed by atoms with Gasteiger partial charge in [-0.1, -0.05) is 62.9 Å². The van der Waals surface area contributed by atoms with Crippen molar-refractivity contribution in [3.63, 3.8) is 0 Å². The Labute approximate surface area is 177 Å². The lowest BCUT2D eigenvalue weighted by Crippen LogP contribution is -2.18. The molecule has 0 aliphatic rings. The smallest absolute Gasteiger partial charge is 0.270 e. The predicted octanol–water partition coefficient (Wildman–Crippen LogP) is 4.82. The molecule has 0 aliphatic carbocycles. The highest BCUT2D eigenvalue weighted by atomic mass is 32.2. The molecule has 0 unspecified atom stereocenters. The summed E-state index contributed by atoms with van der Waals surface area (Å²) in [6.45, 7) is 8.48. The summed E-state index contributed by atoms with van der Waals surface area (Å²) in [5.41, 5.74) is 0.317. The van der Waals surface area contributed by atoms with E-state index in [2.05, 4.69) is 36.3 Å². The molecule has 0 saturated heterocycles. The molecule has 0 spiro atoms. The maximum Gasteiger partial charge on any atom is 0.270 e. The number of nitrogens with one attached hydrogen (secondary N) is 1. The largest absolute Gasteiger partial charge is 0.300 e. The van der Waals surface area contributed by atoms with Crippen LogP contribution < -0.4 is 5.32 Å². The van der Waals surface area contributed by atoms with Gasteiger partial charge in [-0.05, 0) is 17.8 Å². The van der Waals surface area contributed by atoms with Gasteiger partial charge in [0.05, 0.1) is 10.7 Å². The van der Waals surface area contributed by atoms with E-state index >= 15 is 0 Å². The minimum atomic E-state index is -0.536. The zero-order chi connectivity index (χ0) is 21.6. The van der Waals surface area contributed by atoms with Gasteiger partial charge in [0, 0.05) is 24.1 Å². The lowest BCUT2D eigenvalue weighted by molar-refractivity contribution is -0.384. The fraction of sp³-hybridized carbons (Fsp3) is 0.474. The minimum Gasteiger partial charge on any atom is -0.300 e. The summed E-state index contributed by atoms with van der Waals surface area (Å²) in [6, 6.07) is 5.62. The van der Waals surface area contributed by atoms with Crippen molar-refractivity contribution in [2.24, 2.45) is 11.3 Å². The van der Waals surface area contributed by atoms with Crippen molar-refractivity contribution < 1.29 is 14.5 Å². The molecule has 0 saturated carbocycles. The maximum atomic E-state index is 12.3. The SMILES string of the molecule is C[C@H](CC(=O)Nc1nnc(SCC(=O)c2cccc([N+](=O)[O-])c2)s1)CC(C)(C)C. The van der Waals surface area contributed by atoms with Gasteiger partial charge < -0.3 is 5.32 Å². The van der Waals surface area contributed by atoms with Crippen molar-refractivity contribution in [1.29, 1.82) is 0 Å². The van der Waals surface area contributed by atoms with Crippen molar-refractivity contribution in [1.82, 2.24) is 10.2 Å². The number of ketones is 1. The first-order chi connectivity index (χ1) is 13.5. The summed E-state index contributed by atoms with van der Waals surface area (Å²) in [6.07, 6.45) is 1.35. The molecule has 10 heteroatoms. The molecule has 156 valence electrons. The second-order valence-corrected chi connectivity index (χ2v) is 10.2. The minimum absolute atomic E-state index is 0.0758. The normalized spacial score (nSPS) is 12.4. The Morgan fingerprint density at radius 2 is 2.03 bits per heavy atom. The van der Waals surface area contributed by atoms with Crippen LogP contribution in [0.4, 0.5) is 10.8 Å². The molecule has 8 nitrogen and oxygen atoms in total. The lowest BCUT2D eigenvalue weighted by Gasteiger charge is -2.22. The summed E-state index contributed by atoms with van der Waals surface area (Å²) >= 11 is 2.38. The number of hydrogen-bond acceptors (Lipinski definition) is 8. The van der Waals surface area contributed by atoms with Crippen LogP contribution in [-0.4, -0.2) is 32.6 Å². The zero-order valence-electron chi connectivity index (χ0n) is 16.8. The number of thioether (sulfide) groups is 1. The van der Waals surface area contributed by atoms with Crippen LogP contribution in [0.2, 0.25) is 0 Å². The molecule has 1 N–H and O–H groups in total. The Bertz CT molecular complexity index is 892. The number of non-ortho nitro benzene ring substituents is 1. The molecule has 2 rings (SSSR count). The van der Waals surface area contributed by atoms with Crippen LogP contribution in [0.1, 0.15) is 50.9 Å². The molecule has 1 aromatic carbocycles. The van der Waals surface area contributed by atoms with Crippen LogP contribution in [0.25, 0.3) is 0 Å². The molecular formula is C19H24N4O4S2. The first-order valence-electron chi connectivity index (χ1n) is 9.07. The van der Waals surface area contributed by atoms with Crippen molar-refractivity contribution in [2.75, 3.05) is 11.1 Å². The van der Waals surface area contributed by atoms with Crippen LogP contribution in [0, 0.1) is 21.4 Å². The van der Waals surface area contributed by atoms with E-state index in [0.717, 1.165) is 6.42 Å². The molecule has 2 aromatic rings. The van der Waals surface area contributed by atoms with E-state index in [1.807, 2.05) is 6.92 Å². The van der Waals surface area contributed by atoms with Crippen molar-refractivity contribution in [2.45, 2.75) is 44.9 Å². The number of nitro benzene ring substituents is 1. The van der Waals surface area contributed by atoms with Crippen LogP contribution in [-0.2, 0) is 4.79 Å². The second-order valence-electron chi connectivity index (χ2n) is 8.01. The molecular weight excluding hydrogens is 412 g/mol. The topological polar surface area (TPSA) is 115 Å². The number of hydrogen-bond donors (Lipinski definition) is 1. The molecule has 0 radical (unpaired) electrons. The van der Waals surface area contributed by atoms with Crippen LogP contribution in [0.3, 0.4) is 0 Å². The van der Waals surface area contributed by atoms with Crippen molar-refractivity contribution in [3.8, 4) is 0 Å². The van der Waals surface area contributed by atoms with Gasteiger partial charge in [0.1, 0.15) is 0 Å². The van der Waals surface area contributed by atoms with Gasteiger partial charge in [-0.15, -0.1) is 10.2 Å². The number of rotatable bonds is 9. The van der Waals surface area contributed by atoms with E-state index < -0.39 is 4.92 Å². The summed E-state index contributed by atoms with van der Waals surface area (Å²) in [5.74, 6) is -0.0197. The van der Waals surface area contributed by atoms with Crippen molar-refractivity contribution >= 4 is 45.6 Å². The fourth-order valence-electron chi connectivity index (χ4n) is 2.93. The fourth-order valence-corrected chi connectivity index (χ4v) is 4.59. The number of amides is 1. The van der Waals surface area contributed by atoms with Gasteiger partial charge >= 0.3 is 0 Å². The number of anilines is 1. The highest BCUT2D eigenvalue weighted by Gasteiger charge is 2.19. The number of Topliss-reactive ketones (excluding diaryl/α,β-unsaturated/α-hetero) is 1. The highest BCUT2D eigenvalue weighted by molar-refractivity contribution is 8.01. The quantitative estimate of drug-likeness (QED) is 0.197. The third kappa shape index (κ3) is 7.90. The Balaban J connectivity index is 1.85. The lowest BCUT2D eigenvalue weighted by atomic mass is 9.84. The number of nitro groups is 1. The first kappa shape index (κ1) is 23.0. The first-order valence-corrected chi connectivity index (χ1v) is 10.9. The van der Waals surface area contributed by atoms with E-state index in [9.17, 15) is 19.7 Å². The van der Waals surface area contributed by atoms with Crippen LogP contribution in [0.5, 0.6) is 0 Å². The summed E-state index contributed by atoms with van der Waals surface area (Å²) < 4.78 is 0.543. The molecule has 1 aromatic heterocycles. The Morgan fingerprint density at radius 1 is 1.31 bits per heavy atom. The van der Waals surface area contributed by atoms with Crippen molar-refractivity contribution in [3.05, 3.63) is 39.9 Å². The number of carbonyl (C=O) groups excluding carboxylic acids is 2. The zero-order valence-corrected chi connectivity index (χ0v) is 18.4. The standard InChI is InChI=1S/C19H24N4O4S2/c1-12(10-19(2,3)4)8-16(25)20-17-21-22-18(29-17)28-11-15(24)13-6-5-7-14(9-13)23(26)27/h5-7,9,12H,8,10-11H2,1-4H3,(H,20,21,25)/t12-/m1/s1. The van der Waals surface area contributed by atoms with E-state index in [-0.39, 0.29) is 40.0 Å². The summed E-state index contributed by atoms with van der Waals surface area (Å²) in [5, 5.41) is 21.9. The maximum absolute atomic E-state index is 12.3. The van der Waals surface area contributed by atoms with Gasteiger partial charge in [0.2, 0.25) is 11.0 Å². The van der Waals surface area contributed by atoms with Crippen LogP contribution >= 0.6 is 23.1 Å². The summed E-state index contributed by atoms with van der Waals surface area (Å²) in [7, 11) is 0. The summed E-state index contributed by atoms with van der Waals surface area (Å²) in [4.78, 5) is 34.7. The van der Waals surface area contributed by atoms with Gasteiger partial charge in [-0.25, -0.2) is 0 Å². The molecule has 0 bridgehead atoms. The number of aromatic nitrogens is 2. The number of carbonyl (C=O) groups is 2. The molecule has 1 heterocycles. The average Bonchev–Trinajstić information content (AvgIpc) is 3.05. The second kappa shape index (κ2) is 9.93. The number of nitrogens with zero attached hydrogens (tertiary/aromatic N) is 3. The Morgan fingerprint density at radius 3 is 2.69 bits per heavy atom. The Hall–Kier alpha value is -2.33. The molecule has 0 aliphatic heterocycles. The van der Waals surface area contributed by atoms with E-state index in [4.69, 9.17) is 0 Å². The molecule has 0 fully saturated rings. The third-order valence-corrected chi connectivity index (χ3v) is 5.83. The Kier molecular flexibility index (Phi) is 7.86. The molecule has 1 atom stereocenters. The highest BCUT2D eigenvalue weighted by Crippen LogP contribution is 2.28. The monoisotopic (exact) mass is 436 g/mol. The average molecular weight is 437 g/mol. The van der Waals surface area contributed by atoms with E-state index in [1.165, 1.54) is 41.3 Å². The predicted molar refractivity (Wildman–Crippen MR) is 115 cm³/mol.